The van der Waals surface area contributed by atoms with E-state index in [1.54, 1.807) is 4.31 Å². The molecule has 1 saturated heterocycles. The van der Waals surface area contributed by atoms with Gasteiger partial charge in [0.25, 0.3) is 0 Å². The van der Waals surface area contributed by atoms with Crippen molar-refractivity contribution in [3.8, 4) is 0 Å². The number of hydrogen-bond donors (Lipinski definition) is 1. The van der Waals surface area contributed by atoms with Crippen LogP contribution in [0.4, 0.5) is 5.69 Å². The van der Waals surface area contributed by atoms with E-state index in [0.29, 0.717) is 22.5 Å². The number of anilines is 1. The van der Waals surface area contributed by atoms with Crippen molar-refractivity contribution < 1.29 is 8.42 Å². The molecule has 2 aromatic rings. The molecule has 0 aromatic heterocycles. The number of piperidine rings is 1. The van der Waals surface area contributed by atoms with Crippen molar-refractivity contribution in [2.24, 2.45) is 0 Å². The number of sulfonamides is 1. The third-order valence-electron chi connectivity index (χ3n) is 7.31. The van der Waals surface area contributed by atoms with E-state index < -0.39 is 10.0 Å². The summed E-state index contributed by atoms with van der Waals surface area (Å²) in [5.74, 6) is 0.358. The molecule has 1 spiro atoms. The second-order valence-corrected chi connectivity index (χ2v) is 12.4. The Morgan fingerprint density at radius 3 is 2.45 bits per heavy atom. The van der Waals surface area contributed by atoms with E-state index in [1.165, 1.54) is 22.9 Å². The Labute approximate surface area is 208 Å². The van der Waals surface area contributed by atoms with Gasteiger partial charge < -0.3 is 10.2 Å². The summed E-state index contributed by atoms with van der Waals surface area (Å²) in [6, 6.07) is 12.1. The highest BCUT2D eigenvalue weighted by Gasteiger charge is 2.47. The van der Waals surface area contributed by atoms with Crippen LogP contribution in [0.2, 0.25) is 10.0 Å². The van der Waals surface area contributed by atoms with Gasteiger partial charge in [-0.15, -0.1) is 0 Å². The lowest BCUT2D eigenvalue weighted by Crippen LogP contribution is -2.46. The van der Waals surface area contributed by atoms with Crippen molar-refractivity contribution in [3.05, 3.63) is 63.1 Å². The van der Waals surface area contributed by atoms with Crippen molar-refractivity contribution in [3.63, 3.8) is 0 Å². The van der Waals surface area contributed by atoms with Gasteiger partial charge in [-0.2, -0.15) is 0 Å². The van der Waals surface area contributed by atoms with Crippen LogP contribution in [-0.4, -0.2) is 59.3 Å². The van der Waals surface area contributed by atoms with E-state index in [1.807, 2.05) is 31.3 Å². The number of benzene rings is 2. The maximum Gasteiger partial charge on any atom is 0.232 e. The summed E-state index contributed by atoms with van der Waals surface area (Å²) in [5, 5.41) is 4.49. The molecule has 0 radical (unpaired) electrons. The molecule has 8 heteroatoms. The molecule has 0 aliphatic carbocycles. The van der Waals surface area contributed by atoms with Crippen LogP contribution in [0.3, 0.4) is 0 Å². The van der Waals surface area contributed by atoms with E-state index in [2.05, 4.69) is 29.3 Å². The Hall–Kier alpha value is -1.31. The average molecular weight is 511 g/mol. The number of hydrogen-bond acceptors (Lipinski definition) is 4. The Kier molecular flexibility index (Phi) is 7.32. The summed E-state index contributed by atoms with van der Waals surface area (Å²) in [6.07, 6.45) is 4.28. The Morgan fingerprint density at radius 2 is 1.82 bits per heavy atom. The molecule has 2 aliphatic rings. The lowest BCUT2D eigenvalue weighted by molar-refractivity contribution is 0.163. The van der Waals surface area contributed by atoms with E-state index >= 15 is 0 Å². The molecule has 180 valence electrons. The zero-order valence-electron chi connectivity index (χ0n) is 19.6. The number of aryl methyl sites for hydroxylation is 1. The first kappa shape index (κ1) is 24.8. The van der Waals surface area contributed by atoms with Crippen LogP contribution < -0.4 is 9.62 Å². The average Bonchev–Trinajstić information content (AvgIpc) is 3.08. The fraction of sp³-hybridized carbons (Fsp3) is 0.520. The van der Waals surface area contributed by atoms with Gasteiger partial charge in [-0.3, -0.25) is 4.31 Å². The summed E-state index contributed by atoms with van der Waals surface area (Å²) < 4.78 is 26.6. The minimum atomic E-state index is -3.29. The summed E-state index contributed by atoms with van der Waals surface area (Å²) >= 11 is 12.4. The molecular formula is C25H33Cl2N3O2S. The van der Waals surface area contributed by atoms with Crippen molar-refractivity contribution in [1.82, 2.24) is 10.2 Å². The Bertz CT molecular complexity index is 1110. The molecule has 2 heterocycles. The van der Waals surface area contributed by atoms with Crippen LogP contribution in [0.1, 0.15) is 41.9 Å². The van der Waals surface area contributed by atoms with Gasteiger partial charge in [-0.25, -0.2) is 8.42 Å². The molecule has 0 unspecified atom stereocenters. The lowest BCUT2D eigenvalue weighted by Gasteiger charge is -2.40. The van der Waals surface area contributed by atoms with Crippen molar-refractivity contribution in [1.29, 1.82) is 0 Å². The largest absolute Gasteiger partial charge is 0.319 e. The topological polar surface area (TPSA) is 52.6 Å². The SMILES string of the molecule is CNC[C@@H](CCN1CCC2(CC1)CN(S(C)(=O)=O)c1ccc(C)cc12)c1ccc(Cl)c(Cl)c1. The van der Waals surface area contributed by atoms with Gasteiger partial charge in [0.15, 0.2) is 0 Å². The van der Waals surface area contributed by atoms with Gasteiger partial charge in [0, 0.05) is 18.5 Å². The van der Waals surface area contributed by atoms with Gasteiger partial charge in [0.1, 0.15) is 0 Å². The first-order chi connectivity index (χ1) is 15.6. The molecule has 1 fully saturated rings. The Balaban J connectivity index is 1.44. The minimum absolute atomic E-state index is 0.0883. The summed E-state index contributed by atoms with van der Waals surface area (Å²) in [6.45, 7) is 6.46. The molecule has 1 N–H and O–H groups in total. The maximum absolute atomic E-state index is 12.5. The van der Waals surface area contributed by atoms with Gasteiger partial charge in [-0.05, 0) is 88.1 Å². The number of nitrogens with one attached hydrogen (secondary N) is 1. The van der Waals surface area contributed by atoms with Crippen LogP contribution >= 0.6 is 23.2 Å². The number of likely N-dealkylation sites (tertiary alicyclic amines) is 1. The Morgan fingerprint density at radius 1 is 1.09 bits per heavy atom. The van der Waals surface area contributed by atoms with Gasteiger partial charge in [-0.1, -0.05) is 47.0 Å². The number of fused-ring (bicyclic) bond motifs is 2. The van der Waals surface area contributed by atoms with Crippen LogP contribution in [0.25, 0.3) is 0 Å². The molecular weight excluding hydrogens is 477 g/mol. The summed E-state index contributed by atoms with van der Waals surface area (Å²) in [7, 11) is -1.32. The predicted octanol–water partition coefficient (Wildman–Crippen LogP) is 4.81. The molecule has 2 aliphatic heterocycles. The van der Waals surface area contributed by atoms with Crippen molar-refractivity contribution in [2.45, 2.75) is 37.5 Å². The molecule has 33 heavy (non-hydrogen) atoms. The van der Waals surface area contributed by atoms with Gasteiger partial charge in [0.05, 0.1) is 22.0 Å². The second kappa shape index (κ2) is 9.74. The summed E-state index contributed by atoms with van der Waals surface area (Å²) in [5.41, 5.74) is 4.37. The van der Waals surface area contributed by atoms with Gasteiger partial charge >= 0.3 is 0 Å². The number of rotatable bonds is 7. The lowest BCUT2D eigenvalue weighted by atomic mass is 9.74. The molecule has 5 nitrogen and oxygen atoms in total. The minimum Gasteiger partial charge on any atom is -0.319 e. The third kappa shape index (κ3) is 5.20. The number of likely N-dealkylation sites (N-methyl/N-ethyl adjacent to an activating group) is 1. The molecule has 2 aromatic carbocycles. The molecule has 1 atom stereocenters. The number of nitrogens with zero attached hydrogens (tertiary/aromatic N) is 2. The third-order valence-corrected chi connectivity index (χ3v) is 9.18. The van der Waals surface area contributed by atoms with E-state index in [9.17, 15) is 8.42 Å². The fourth-order valence-corrected chi connectivity index (χ4v) is 6.71. The van der Waals surface area contributed by atoms with Crippen LogP contribution in [0.5, 0.6) is 0 Å². The smallest absolute Gasteiger partial charge is 0.232 e. The quantitative estimate of drug-likeness (QED) is 0.581. The second-order valence-electron chi connectivity index (χ2n) is 9.63. The van der Waals surface area contributed by atoms with Gasteiger partial charge in [0.2, 0.25) is 10.0 Å². The zero-order chi connectivity index (χ0) is 23.8. The van der Waals surface area contributed by atoms with Crippen LogP contribution in [0, 0.1) is 6.92 Å². The van der Waals surface area contributed by atoms with Crippen LogP contribution in [0.15, 0.2) is 36.4 Å². The normalized spacial score (nSPS) is 19.1. The molecule has 0 amide bonds. The first-order valence-corrected chi connectivity index (χ1v) is 14.1. The standard InChI is InChI=1S/C25H33Cl2N3O2S/c1-18-4-7-24-21(14-18)25(17-30(24)33(3,31)32)9-12-29(13-10-25)11-8-20(16-28-2)19-5-6-22(26)23(27)15-19/h4-7,14-15,20,28H,8-13,16-17H2,1-3H3/t20-/m1/s1. The monoisotopic (exact) mass is 509 g/mol. The molecule has 0 bridgehead atoms. The highest BCUT2D eigenvalue weighted by atomic mass is 35.5. The molecule has 0 saturated carbocycles. The first-order valence-electron chi connectivity index (χ1n) is 11.5. The summed E-state index contributed by atoms with van der Waals surface area (Å²) in [4.78, 5) is 2.52. The zero-order valence-corrected chi connectivity index (χ0v) is 21.9. The predicted molar refractivity (Wildman–Crippen MR) is 138 cm³/mol. The van der Waals surface area contributed by atoms with E-state index in [0.717, 1.165) is 51.1 Å². The van der Waals surface area contributed by atoms with E-state index in [4.69, 9.17) is 23.2 Å². The van der Waals surface area contributed by atoms with Crippen LogP contribution in [-0.2, 0) is 15.4 Å². The number of halogens is 2. The highest BCUT2D eigenvalue weighted by molar-refractivity contribution is 7.92. The fourth-order valence-electron chi connectivity index (χ4n) is 5.40. The maximum atomic E-state index is 12.5. The van der Waals surface area contributed by atoms with Crippen molar-refractivity contribution >= 4 is 38.9 Å². The highest BCUT2D eigenvalue weighted by Crippen LogP contribution is 2.48. The van der Waals surface area contributed by atoms with Crippen molar-refractivity contribution in [2.75, 3.05) is 50.3 Å². The molecule has 4 rings (SSSR count). The van der Waals surface area contributed by atoms with E-state index in [-0.39, 0.29) is 5.41 Å².